The zero-order valence-corrected chi connectivity index (χ0v) is 21.1. The summed E-state index contributed by atoms with van der Waals surface area (Å²) in [7, 11) is 5.21. The third-order valence-electron chi connectivity index (χ3n) is 5.93. The molecule has 0 spiro atoms. The Morgan fingerprint density at radius 3 is 2.43 bits per heavy atom. The van der Waals surface area contributed by atoms with Crippen molar-refractivity contribution in [3.8, 4) is 17.2 Å². The fraction of sp³-hybridized carbons (Fsp3) is 0.250. The van der Waals surface area contributed by atoms with E-state index in [-0.39, 0.29) is 5.69 Å². The minimum Gasteiger partial charge on any atom is -0.497 e. The number of pyridine rings is 1. The maximum atomic E-state index is 11.8. The molecule has 9 heteroatoms. The largest absolute Gasteiger partial charge is 0.497 e. The number of anilines is 2. The van der Waals surface area contributed by atoms with Crippen LogP contribution in [-0.4, -0.2) is 49.2 Å². The van der Waals surface area contributed by atoms with Crippen molar-refractivity contribution < 1.29 is 19.1 Å². The Hall–Kier alpha value is -4.37. The van der Waals surface area contributed by atoms with Gasteiger partial charge in [0.25, 0.3) is 0 Å². The van der Waals surface area contributed by atoms with Gasteiger partial charge in [0.15, 0.2) is 11.5 Å². The van der Waals surface area contributed by atoms with Crippen molar-refractivity contribution in [3.05, 3.63) is 88.6 Å². The van der Waals surface area contributed by atoms with Gasteiger partial charge in [-0.1, -0.05) is 30.3 Å². The Labute approximate surface area is 215 Å². The number of ether oxygens (including phenoxy) is 3. The van der Waals surface area contributed by atoms with E-state index in [9.17, 15) is 10.1 Å². The van der Waals surface area contributed by atoms with E-state index in [1.807, 2.05) is 18.2 Å². The normalized spacial score (nSPS) is 10.9. The van der Waals surface area contributed by atoms with E-state index < -0.39 is 4.92 Å². The molecule has 0 saturated carbocycles. The molecule has 3 aromatic carbocycles. The number of benzene rings is 3. The highest BCUT2D eigenvalue weighted by molar-refractivity contribution is 5.99. The summed E-state index contributed by atoms with van der Waals surface area (Å²) in [4.78, 5) is 17.9. The van der Waals surface area contributed by atoms with Crippen LogP contribution < -0.4 is 19.5 Å². The van der Waals surface area contributed by atoms with Crippen LogP contribution in [0.25, 0.3) is 10.9 Å². The van der Waals surface area contributed by atoms with Gasteiger partial charge in [-0.25, -0.2) is 4.98 Å². The standard InChI is InChI=1S/C28H30N4O5/c1-31(19-20-8-5-4-6-9-20)14-7-15-37-27-17-24-23(16-26(27)36-3)28(25(18-29-24)32(33)34)30-21-10-12-22(35-2)13-11-21/h4-6,8-13,16-18H,7,14-15,19H2,1-3H3,(H,29,30). The van der Waals surface area contributed by atoms with E-state index in [0.29, 0.717) is 46.1 Å². The quantitative estimate of drug-likeness (QED) is 0.147. The molecule has 0 atom stereocenters. The minimum absolute atomic E-state index is 0.138. The van der Waals surface area contributed by atoms with Gasteiger partial charge in [-0.05, 0) is 49.4 Å². The predicted octanol–water partition coefficient (Wildman–Crippen LogP) is 5.80. The molecule has 1 heterocycles. The number of rotatable bonds is 12. The Morgan fingerprint density at radius 2 is 1.76 bits per heavy atom. The van der Waals surface area contributed by atoms with Gasteiger partial charge in [-0.2, -0.15) is 0 Å². The Kier molecular flexibility index (Phi) is 8.37. The Bertz CT molecular complexity index is 1350. The molecule has 0 amide bonds. The van der Waals surface area contributed by atoms with E-state index in [0.717, 1.165) is 19.5 Å². The summed E-state index contributed by atoms with van der Waals surface area (Å²) in [6.45, 7) is 2.23. The fourth-order valence-electron chi connectivity index (χ4n) is 4.04. The number of nitrogens with one attached hydrogen (secondary N) is 1. The lowest BCUT2D eigenvalue weighted by atomic mass is 10.1. The molecule has 4 rings (SSSR count). The third kappa shape index (κ3) is 6.45. The van der Waals surface area contributed by atoms with Gasteiger partial charge in [0, 0.05) is 30.2 Å². The molecule has 0 bridgehead atoms. The van der Waals surface area contributed by atoms with Gasteiger partial charge < -0.3 is 24.4 Å². The fourth-order valence-corrected chi connectivity index (χ4v) is 4.04. The third-order valence-corrected chi connectivity index (χ3v) is 5.93. The zero-order chi connectivity index (χ0) is 26.2. The van der Waals surface area contributed by atoms with Gasteiger partial charge >= 0.3 is 5.69 Å². The van der Waals surface area contributed by atoms with Crippen LogP contribution in [0.1, 0.15) is 12.0 Å². The number of nitrogens with zero attached hydrogens (tertiary/aromatic N) is 3. The first kappa shape index (κ1) is 25.7. The summed E-state index contributed by atoms with van der Waals surface area (Å²) < 4.78 is 16.8. The number of nitro groups is 1. The average Bonchev–Trinajstić information content (AvgIpc) is 2.91. The highest BCUT2D eigenvalue weighted by atomic mass is 16.6. The molecule has 0 fully saturated rings. The maximum absolute atomic E-state index is 11.8. The molecule has 0 aliphatic carbocycles. The van der Waals surface area contributed by atoms with Crippen LogP contribution in [0.2, 0.25) is 0 Å². The van der Waals surface area contributed by atoms with Crippen LogP contribution in [-0.2, 0) is 6.54 Å². The lowest BCUT2D eigenvalue weighted by Gasteiger charge is -2.18. The first-order valence-corrected chi connectivity index (χ1v) is 11.9. The summed E-state index contributed by atoms with van der Waals surface area (Å²) >= 11 is 0. The van der Waals surface area contributed by atoms with E-state index in [1.165, 1.54) is 11.8 Å². The molecule has 0 unspecified atom stereocenters. The molecule has 0 aliphatic rings. The average molecular weight is 503 g/mol. The van der Waals surface area contributed by atoms with Gasteiger partial charge in [0.1, 0.15) is 17.6 Å². The lowest BCUT2D eigenvalue weighted by Crippen LogP contribution is -2.20. The Morgan fingerprint density at radius 1 is 1.00 bits per heavy atom. The van der Waals surface area contributed by atoms with Crippen molar-refractivity contribution >= 4 is 28.0 Å². The van der Waals surface area contributed by atoms with Crippen LogP contribution in [0, 0.1) is 10.1 Å². The summed E-state index contributed by atoms with van der Waals surface area (Å²) in [5.74, 6) is 1.71. The molecular formula is C28H30N4O5. The van der Waals surface area contributed by atoms with Gasteiger partial charge in [-0.3, -0.25) is 10.1 Å². The summed E-state index contributed by atoms with van der Waals surface area (Å²) in [6.07, 6.45) is 2.07. The SMILES string of the molecule is COc1ccc(Nc2c([N+](=O)[O-])cnc3cc(OCCCN(C)Cc4ccccc4)c(OC)cc23)cc1. The number of methoxy groups -OCH3 is 2. The highest BCUT2D eigenvalue weighted by Crippen LogP contribution is 2.40. The molecule has 9 nitrogen and oxygen atoms in total. The summed E-state index contributed by atoms with van der Waals surface area (Å²) in [5, 5.41) is 15.5. The number of hydrogen-bond acceptors (Lipinski definition) is 8. The monoisotopic (exact) mass is 502 g/mol. The molecule has 192 valence electrons. The van der Waals surface area contributed by atoms with Gasteiger partial charge in [0.2, 0.25) is 0 Å². The molecular weight excluding hydrogens is 472 g/mol. The van der Waals surface area contributed by atoms with E-state index in [2.05, 4.69) is 34.4 Å². The number of aromatic nitrogens is 1. The smallest absolute Gasteiger partial charge is 0.311 e. The lowest BCUT2D eigenvalue weighted by molar-refractivity contribution is -0.384. The highest BCUT2D eigenvalue weighted by Gasteiger charge is 2.21. The first-order chi connectivity index (χ1) is 18.0. The molecule has 1 aromatic heterocycles. The zero-order valence-electron chi connectivity index (χ0n) is 21.1. The van der Waals surface area contributed by atoms with Crippen molar-refractivity contribution in [3.63, 3.8) is 0 Å². The van der Waals surface area contributed by atoms with Crippen LogP contribution >= 0.6 is 0 Å². The second-order valence-corrected chi connectivity index (χ2v) is 8.57. The first-order valence-electron chi connectivity index (χ1n) is 11.9. The van der Waals surface area contributed by atoms with Crippen molar-refractivity contribution in [1.29, 1.82) is 0 Å². The van der Waals surface area contributed by atoms with Crippen LogP contribution in [0.5, 0.6) is 17.2 Å². The number of hydrogen-bond donors (Lipinski definition) is 1. The van der Waals surface area contributed by atoms with Crippen molar-refractivity contribution in [1.82, 2.24) is 9.88 Å². The van der Waals surface area contributed by atoms with Gasteiger partial charge in [0.05, 0.1) is 31.3 Å². The Balaban J connectivity index is 1.51. The van der Waals surface area contributed by atoms with E-state index in [1.54, 1.807) is 50.6 Å². The van der Waals surface area contributed by atoms with Gasteiger partial charge in [-0.15, -0.1) is 0 Å². The predicted molar refractivity (Wildman–Crippen MR) is 144 cm³/mol. The maximum Gasteiger partial charge on any atom is 0.311 e. The number of fused-ring (bicyclic) bond motifs is 1. The second-order valence-electron chi connectivity index (χ2n) is 8.57. The molecule has 0 saturated heterocycles. The van der Waals surface area contributed by atoms with Crippen LogP contribution in [0.4, 0.5) is 17.1 Å². The van der Waals surface area contributed by atoms with E-state index in [4.69, 9.17) is 14.2 Å². The molecule has 0 aliphatic heterocycles. The molecule has 4 aromatic rings. The minimum atomic E-state index is -0.457. The van der Waals surface area contributed by atoms with E-state index >= 15 is 0 Å². The second kappa shape index (κ2) is 12.0. The van der Waals surface area contributed by atoms with Crippen LogP contribution in [0.3, 0.4) is 0 Å². The van der Waals surface area contributed by atoms with Crippen molar-refractivity contribution in [2.75, 3.05) is 39.7 Å². The molecule has 0 radical (unpaired) electrons. The molecule has 1 N–H and O–H groups in total. The van der Waals surface area contributed by atoms with Crippen molar-refractivity contribution in [2.45, 2.75) is 13.0 Å². The summed E-state index contributed by atoms with van der Waals surface area (Å²) in [6, 6.07) is 20.9. The van der Waals surface area contributed by atoms with Crippen molar-refractivity contribution in [2.24, 2.45) is 0 Å². The summed E-state index contributed by atoms with van der Waals surface area (Å²) in [5.41, 5.74) is 2.68. The topological polar surface area (TPSA) is 99.0 Å². The van der Waals surface area contributed by atoms with Crippen LogP contribution in [0.15, 0.2) is 72.9 Å². The molecule has 37 heavy (non-hydrogen) atoms.